The van der Waals surface area contributed by atoms with E-state index in [4.69, 9.17) is 10.5 Å². The molecule has 14 heavy (non-hydrogen) atoms. The van der Waals surface area contributed by atoms with Crippen LogP contribution in [0.25, 0.3) is 0 Å². The molecule has 1 rings (SSSR count). The van der Waals surface area contributed by atoms with Crippen molar-refractivity contribution in [3.8, 4) is 5.75 Å². The number of esters is 1. The summed E-state index contributed by atoms with van der Waals surface area (Å²) >= 11 is 0. The summed E-state index contributed by atoms with van der Waals surface area (Å²) in [4.78, 5) is 10.8. The topological polar surface area (TPSA) is 52.3 Å². The molecule has 0 amide bonds. The summed E-state index contributed by atoms with van der Waals surface area (Å²) in [7, 11) is 0. The lowest BCUT2D eigenvalue weighted by Crippen LogP contribution is -2.05. The molecule has 0 aliphatic heterocycles. The SMILES string of the molecule is CC.CCC(=O)Oc1ccc(N)cc1. The summed E-state index contributed by atoms with van der Waals surface area (Å²) in [5.41, 5.74) is 6.11. The highest BCUT2D eigenvalue weighted by molar-refractivity contribution is 5.72. The second kappa shape index (κ2) is 6.95. The number of nitrogen functional groups attached to an aromatic ring is 1. The first-order valence-electron chi connectivity index (χ1n) is 4.78. The van der Waals surface area contributed by atoms with Crippen LogP contribution in [0, 0.1) is 0 Å². The monoisotopic (exact) mass is 195 g/mol. The van der Waals surface area contributed by atoms with E-state index in [-0.39, 0.29) is 5.97 Å². The van der Waals surface area contributed by atoms with Crippen molar-refractivity contribution < 1.29 is 9.53 Å². The molecule has 0 saturated carbocycles. The van der Waals surface area contributed by atoms with E-state index < -0.39 is 0 Å². The van der Waals surface area contributed by atoms with E-state index in [1.807, 2.05) is 13.8 Å². The normalized spacial score (nSPS) is 8.50. The van der Waals surface area contributed by atoms with Crippen LogP contribution < -0.4 is 10.5 Å². The molecule has 0 spiro atoms. The minimum atomic E-state index is -0.236. The molecule has 1 aromatic carbocycles. The highest BCUT2D eigenvalue weighted by Crippen LogP contribution is 2.13. The zero-order valence-corrected chi connectivity index (χ0v) is 8.91. The van der Waals surface area contributed by atoms with Crippen LogP contribution in [-0.2, 0) is 4.79 Å². The number of carbonyl (C=O) groups is 1. The van der Waals surface area contributed by atoms with Crippen LogP contribution in [0.4, 0.5) is 5.69 Å². The maximum Gasteiger partial charge on any atom is 0.310 e. The minimum Gasteiger partial charge on any atom is -0.427 e. The third-order valence-electron chi connectivity index (χ3n) is 1.40. The lowest BCUT2D eigenvalue weighted by atomic mass is 10.3. The molecule has 0 aliphatic rings. The van der Waals surface area contributed by atoms with Gasteiger partial charge in [-0.1, -0.05) is 20.8 Å². The van der Waals surface area contributed by atoms with E-state index in [0.29, 0.717) is 17.9 Å². The van der Waals surface area contributed by atoms with Crippen molar-refractivity contribution in [1.29, 1.82) is 0 Å². The smallest absolute Gasteiger partial charge is 0.310 e. The summed E-state index contributed by atoms with van der Waals surface area (Å²) in [5, 5.41) is 0. The molecule has 3 nitrogen and oxygen atoms in total. The molecule has 1 aromatic rings. The first-order chi connectivity index (χ1) is 6.72. The van der Waals surface area contributed by atoms with Crippen molar-refractivity contribution in [2.24, 2.45) is 0 Å². The van der Waals surface area contributed by atoms with Crippen molar-refractivity contribution in [1.82, 2.24) is 0 Å². The van der Waals surface area contributed by atoms with Crippen LogP contribution in [0.5, 0.6) is 5.75 Å². The Kier molecular flexibility index (Phi) is 6.20. The van der Waals surface area contributed by atoms with E-state index >= 15 is 0 Å². The molecule has 0 atom stereocenters. The average molecular weight is 195 g/mol. The predicted octanol–water partition coefficient (Wildman–Crippen LogP) is 2.61. The first-order valence-corrected chi connectivity index (χ1v) is 4.78. The summed E-state index contributed by atoms with van der Waals surface area (Å²) in [6, 6.07) is 6.72. The van der Waals surface area contributed by atoms with Gasteiger partial charge in [-0.25, -0.2) is 0 Å². The van der Waals surface area contributed by atoms with Crippen molar-refractivity contribution in [3.63, 3.8) is 0 Å². The fourth-order valence-electron chi connectivity index (χ4n) is 0.739. The van der Waals surface area contributed by atoms with Gasteiger partial charge in [0.15, 0.2) is 0 Å². The third-order valence-corrected chi connectivity index (χ3v) is 1.40. The molecule has 0 aliphatic carbocycles. The van der Waals surface area contributed by atoms with Gasteiger partial charge >= 0.3 is 5.97 Å². The molecular weight excluding hydrogens is 178 g/mol. The highest BCUT2D eigenvalue weighted by atomic mass is 16.5. The van der Waals surface area contributed by atoms with Gasteiger partial charge in [0.25, 0.3) is 0 Å². The molecule has 0 unspecified atom stereocenters. The molecule has 0 saturated heterocycles. The first kappa shape index (κ1) is 12.5. The number of carbonyl (C=O) groups excluding carboxylic acids is 1. The molecule has 0 heterocycles. The van der Waals surface area contributed by atoms with E-state index in [2.05, 4.69) is 0 Å². The molecule has 2 N–H and O–H groups in total. The number of anilines is 1. The van der Waals surface area contributed by atoms with Gasteiger partial charge in [0.05, 0.1) is 0 Å². The number of rotatable bonds is 2. The van der Waals surface area contributed by atoms with E-state index in [1.165, 1.54) is 0 Å². The van der Waals surface area contributed by atoms with Gasteiger partial charge in [0.1, 0.15) is 5.75 Å². The molecule has 78 valence electrons. The van der Waals surface area contributed by atoms with E-state index in [9.17, 15) is 4.79 Å². The summed E-state index contributed by atoms with van der Waals surface area (Å²) in [5.74, 6) is 0.302. The van der Waals surface area contributed by atoms with Crippen LogP contribution >= 0.6 is 0 Å². The van der Waals surface area contributed by atoms with E-state index in [0.717, 1.165) is 0 Å². The van der Waals surface area contributed by atoms with Gasteiger partial charge in [-0.15, -0.1) is 0 Å². The van der Waals surface area contributed by atoms with Crippen LogP contribution in [0.1, 0.15) is 27.2 Å². The van der Waals surface area contributed by atoms with Crippen molar-refractivity contribution in [2.45, 2.75) is 27.2 Å². The second-order valence-electron chi connectivity index (χ2n) is 2.40. The number of ether oxygens (including phenoxy) is 1. The Bertz CT molecular complexity index is 267. The number of nitrogens with two attached hydrogens (primary N) is 1. The largest absolute Gasteiger partial charge is 0.427 e. The Labute approximate surface area is 84.9 Å². The standard InChI is InChI=1S/C9H11NO2.C2H6/c1-2-9(11)12-8-5-3-7(10)4-6-8;1-2/h3-6H,2,10H2,1H3;1-2H3. The van der Waals surface area contributed by atoms with Gasteiger partial charge in [-0.05, 0) is 24.3 Å². The molecule has 0 bridgehead atoms. The minimum absolute atomic E-state index is 0.236. The Morgan fingerprint density at radius 1 is 1.29 bits per heavy atom. The quantitative estimate of drug-likeness (QED) is 0.448. The molecular formula is C11H17NO2. The van der Waals surface area contributed by atoms with Crippen LogP contribution in [0.2, 0.25) is 0 Å². The summed E-state index contributed by atoms with van der Waals surface area (Å²) in [6.07, 6.45) is 0.379. The third kappa shape index (κ3) is 4.50. The molecule has 0 fully saturated rings. The van der Waals surface area contributed by atoms with Crippen LogP contribution in [-0.4, -0.2) is 5.97 Å². The molecule has 0 radical (unpaired) electrons. The maximum atomic E-state index is 10.8. The van der Waals surface area contributed by atoms with Gasteiger partial charge in [0.2, 0.25) is 0 Å². The number of benzene rings is 1. The Morgan fingerprint density at radius 2 is 1.79 bits per heavy atom. The van der Waals surface area contributed by atoms with Crippen molar-refractivity contribution in [2.75, 3.05) is 5.73 Å². The zero-order chi connectivity index (χ0) is 11.0. The Hall–Kier alpha value is -1.51. The lowest BCUT2D eigenvalue weighted by molar-refractivity contribution is -0.134. The number of hydrogen-bond donors (Lipinski definition) is 1. The van der Waals surface area contributed by atoms with Crippen molar-refractivity contribution in [3.05, 3.63) is 24.3 Å². The van der Waals surface area contributed by atoms with E-state index in [1.54, 1.807) is 31.2 Å². The summed E-state index contributed by atoms with van der Waals surface area (Å²) in [6.45, 7) is 5.75. The van der Waals surface area contributed by atoms with Crippen LogP contribution in [0.15, 0.2) is 24.3 Å². The van der Waals surface area contributed by atoms with Crippen LogP contribution in [0.3, 0.4) is 0 Å². The highest BCUT2D eigenvalue weighted by Gasteiger charge is 1.99. The van der Waals surface area contributed by atoms with Crippen molar-refractivity contribution >= 4 is 11.7 Å². The molecule has 0 aromatic heterocycles. The van der Waals surface area contributed by atoms with Gasteiger partial charge < -0.3 is 10.5 Å². The average Bonchev–Trinajstić information content (AvgIpc) is 2.24. The fourth-order valence-corrected chi connectivity index (χ4v) is 0.739. The zero-order valence-electron chi connectivity index (χ0n) is 8.91. The molecule has 3 heteroatoms. The maximum absolute atomic E-state index is 10.8. The van der Waals surface area contributed by atoms with Gasteiger partial charge in [-0.2, -0.15) is 0 Å². The summed E-state index contributed by atoms with van der Waals surface area (Å²) < 4.78 is 4.92. The van der Waals surface area contributed by atoms with Gasteiger partial charge in [-0.3, -0.25) is 4.79 Å². The second-order valence-corrected chi connectivity index (χ2v) is 2.40. The Morgan fingerprint density at radius 3 is 2.21 bits per heavy atom. The lowest BCUT2D eigenvalue weighted by Gasteiger charge is -2.01. The Balaban J connectivity index is 0.000000791. The number of hydrogen-bond acceptors (Lipinski definition) is 3. The van der Waals surface area contributed by atoms with Gasteiger partial charge in [0, 0.05) is 12.1 Å². The predicted molar refractivity (Wildman–Crippen MR) is 58.1 cm³/mol. The fraction of sp³-hybridized carbons (Fsp3) is 0.364.